The van der Waals surface area contributed by atoms with E-state index in [2.05, 4.69) is 59.8 Å². The summed E-state index contributed by atoms with van der Waals surface area (Å²) >= 11 is 1.76. The van der Waals surface area contributed by atoms with Crippen molar-refractivity contribution in [3.05, 3.63) is 41.2 Å². The molecule has 2 heterocycles. The third-order valence-electron chi connectivity index (χ3n) is 4.16. The molecule has 0 saturated carbocycles. The van der Waals surface area contributed by atoms with Gasteiger partial charge in [-0.2, -0.15) is 0 Å². The Morgan fingerprint density at radius 2 is 2.04 bits per heavy atom. The molecule has 4 nitrogen and oxygen atoms in total. The molecule has 1 unspecified atom stereocenters. The Morgan fingerprint density at radius 1 is 1.26 bits per heavy atom. The average Bonchev–Trinajstić information content (AvgIpc) is 3.17. The summed E-state index contributed by atoms with van der Waals surface area (Å²) in [5.74, 6) is 2.35. The smallest absolute Gasteiger partial charge is 0.191 e. The van der Waals surface area contributed by atoms with Crippen molar-refractivity contribution in [1.82, 2.24) is 14.8 Å². The van der Waals surface area contributed by atoms with E-state index in [0.717, 1.165) is 42.7 Å². The molecule has 1 aromatic heterocycles. The van der Waals surface area contributed by atoms with Crippen LogP contribution in [0.5, 0.6) is 0 Å². The molecule has 1 saturated heterocycles. The Hall–Kier alpha value is -1.33. The fourth-order valence-corrected chi connectivity index (χ4v) is 3.74. The lowest BCUT2D eigenvalue weighted by atomic mass is 10.2. The highest BCUT2D eigenvalue weighted by Gasteiger charge is 2.22. The molecule has 1 atom stereocenters. The van der Waals surface area contributed by atoms with E-state index < -0.39 is 0 Å². The topological polar surface area (TPSA) is 39.9 Å². The van der Waals surface area contributed by atoms with Gasteiger partial charge in [-0.15, -0.1) is 10.2 Å². The van der Waals surface area contributed by atoms with Gasteiger partial charge in [0.1, 0.15) is 5.82 Å². The van der Waals surface area contributed by atoms with Crippen molar-refractivity contribution in [2.75, 3.05) is 6.61 Å². The van der Waals surface area contributed by atoms with E-state index >= 15 is 0 Å². The Balaban J connectivity index is 1.73. The van der Waals surface area contributed by atoms with Gasteiger partial charge in [0.15, 0.2) is 5.16 Å². The van der Waals surface area contributed by atoms with Crippen molar-refractivity contribution < 1.29 is 4.74 Å². The second-order valence-corrected chi connectivity index (χ2v) is 7.46. The van der Waals surface area contributed by atoms with E-state index in [9.17, 15) is 0 Å². The van der Waals surface area contributed by atoms with Crippen LogP contribution in [0, 0.1) is 6.92 Å². The number of ether oxygens (including phenoxy) is 1. The van der Waals surface area contributed by atoms with Gasteiger partial charge in [-0.3, -0.25) is 0 Å². The number of thioether (sulfide) groups is 1. The highest BCUT2D eigenvalue weighted by molar-refractivity contribution is 7.98. The van der Waals surface area contributed by atoms with Gasteiger partial charge in [-0.1, -0.05) is 55.4 Å². The average molecular weight is 331 g/mol. The Bertz CT molecular complexity index is 630. The summed E-state index contributed by atoms with van der Waals surface area (Å²) in [5, 5.41) is 9.86. The third kappa shape index (κ3) is 4.15. The minimum absolute atomic E-state index is 0.308. The Morgan fingerprint density at radius 3 is 2.70 bits per heavy atom. The van der Waals surface area contributed by atoms with E-state index in [1.54, 1.807) is 11.8 Å². The molecule has 0 amide bonds. The maximum Gasteiger partial charge on any atom is 0.191 e. The predicted molar refractivity (Wildman–Crippen MR) is 93.8 cm³/mol. The van der Waals surface area contributed by atoms with E-state index in [-0.39, 0.29) is 0 Å². The molecule has 1 fully saturated rings. The zero-order chi connectivity index (χ0) is 16.2. The zero-order valence-electron chi connectivity index (χ0n) is 14.2. The van der Waals surface area contributed by atoms with Gasteiger partial charge in [-0.05, 0) is 25.3 Å². The van der Waals surface area contributed by atoms with Crippen molar-refractivity contribution in [2.24, 2.45) is 0 Å². The molecule has 0 spiro atoms. The number of hydrogen-bond acceptors (Lipinski definition) is 4. The van der Waals surface area contributed by atoms with Gasteiger partial charge in [-0.25, -0.2) is 0 Å². The first-order valence-corrected chi connectivity index (χ1v) is 9.35. The van der Waals surface area contributed by atoms with Crippen LogP contribution in [0.1, 0.15) is 49.6 Å². The van der Waals surface area contributed by atoms with Gasteiger partial charge >= 0.3 is 0 Å². The molecule has 124 valence electrons. The number of rotatable bonds is 6. The number of benzene rings is 1. The van der Waals surface area contributed by atoms with E-state index in [4.69, 9.17) is 4.74 Å². The van der Waals surface area contributed by atoms with Gasteiger partial charge in [0, 0.05) is 18.3 Å². The SMILES string of the molecule is Cc1ccc(CSc2nnc(C(C)C)n2CC2CCCO2)cc1. The van der Waals surface area contributed by atoms with Gasteiger partial charge in [0.2, 0.25) is 0 Å². The number of aromatic nitrogens is 3. The van der Waals surface area contributed by atoms with Crippen LogP contribution in [0.15, 0.2) is 29.4 Å². The standard InChI is InChI=1S/C18H25N3OS/c1-13(2)17-19-20-18(21(17)11-16-5-4-10-22-16)23-12-15-8-6-14(3)7-9-15/h6-9,13,16H,4-5,10-12H2,1-3H3. The van der Waals surface area contributed by atoms with Crippen LogP contribution in [0.3, 0.4) is 0 Å². The minimum atomic E-state index is 0.308. The van der Waals surface area contributed by atoms with Crippen molar-refractivity contribution >= 4 is 11.8 Å². The zero-order valence-corrected chi connectivity index (χ0v) is 15.0. The summed E-state index contributed by atoms with van der Waals surface area (Å²) < 4.78 is 8.07. The lowest BCUT2D eigenvalue weighted by Crippen LogP contribution is -2.18. The molecule has 2 aromatic rings. The van der Waals surface area contributed by atoms with Crippen molar-refractivity contribution in [3.8, 4) is 0 Å². The molecule has 0 radical (unpaired) electrons. The molecule has 0 bridgehead atoms. The van der Waals surface area contributed by atoms with Crippen LogP contribution in [-0.2, 0) is 17.0 Å². The maximum atomic E-state index is 5.81. The highest BCUT2D eigenvalue weighted by Crippen LogP contribution is 2.26. The van der Waals surface area contributed by atoms with Crippen molar-refractivity contribution in [2.45, 2.75) is 63.1 Å². The molecule has 3 rings (SSSR count). The molecular weight excluding hydrogens is 306 g/mol. The monoisotopic (exact) mass is 331 g/mol. The number of hydrogen-bond donors (Lipinski definition) is 0. The first-order chi connectivity index (χ1) is 11.1. The third-order valence-corrected chi connectivity index (χ3v) is 5.20. The van der Waals surface area contributed by atoms with E-state index in [0.29, 0.717) is 12.0 Å². The summed E-state index contributed by atoms with van der Waals surface area (Å²) in [6.45, 7) is 8.21. The fourth-order valence-electron chi connectivity index (χ4n) is 2.83. The fraction of sp³-hybridized carbons (Fsp3) is 0.556. The Labute approximate surface area is 142 Å². The molecule has 23 heavy (non-hydrogen) atoms. The van der Waals surface area contributed by atoms with Crippen molar-refractivity contribution in [1.29, 1.82) is 0 Å². The molecular formula is C18H25N3OS. The lowest BCUT2D eigenvalue weighted by molar-refractivity contribution is 0.0940. The van der Waals surface area contributed by atoms with E-state index in [1.807, 2.05) is 0 Å². The summed E-state index contributed by atoms with van der Waals surface area (Å²) in [6.07, 6.45) is 2.61. The first-order valence-electron chi connectivity index (χ1n) is 8.36. The summed E-state index contributed by atoms with van der Waals surface area (Å²) in [6, 6.07) is 8.69. The molecule has 1 aromatic carbocycles. The summed E-state index contributed by atoms with van der Waals surface area (Å²) in [4.78, 5) is 0. The Kier molecular flexibility index (Phi) is 5.38. The van der Waals surface area contributed by atoms with E-state index in [1.165, 1.54) is 11.1 Å². The van der Waals surface area contributed by atoms with Crippen molar-refractivity contribution in [3.63, 3.8) is 0 Å². The van der Waals surface area contributed by atoms with Crippen LogP contribution >= 0.6 is 11.8 Å². The van der Waals surface area contributed by atoms with Crippen LogP contribution in [0.25, 0.3) is 0 Å². The number of nitrogens with zero attached hydrogens (tertiary/aromatic N) is 3. The van der Waals surface area contributed by atoms with Crippen LogP contribution in [0.4, 0.5) is 0 Å². The molecule has 5 heteroatoms. The molecule has 0 N–H and O–H groups in total. The molecule has 1 aliphatic rings. The predicted octanol–water partition coefficient (Wildman–Crippen LogP) is 4.18. The molecule has 1 aliphatic heterocycles. The van der Waals surface area contributed by atoms with Crippen LogP contribution < -0.4 is 0 Å². The van der Waals surface area contributed by atoms with Crippen LogP contribution in [0.2, 0.25) is 0 Å². The van der Waals surface area contributed by atoms with Crippen LogP contribution in [-0.4, -0.2) is 27.5 Å². The minimum Gasteiger partial charge on any atom is -0.376 e. The lowest BCUT2D eigenvalue weighted by Gasteiger charge is -2.16. The van der Waals surface area contributed by atoms with Gasteiger partial charge in [0.05, 0.1) is 12.6 Å². The van der Waals surface area contributed by atoms with Gasteiger partial charge in [0.25, 0.3) is 0 Å². The normalized spacial score (nSPS) is 18.0. The largest absolute Gasteiger partial charge is 0.376 e. The second-order valence-electron chi connectivity index (χ2n) is 6.52. The summed E-state index contributed by atoms with van der Waals surface area (Å²) in [7, 11) is 0. The quantitative estimate of drug-likeness (QED) is 0.745. The number of aryl methyl sites for hydroxylation is 1. The van der Waals surface area contributed by atoms with Gasteiger partial charge < -0.3 is 9.30 Å². The first kappa shape index (κ1) is 16.5. The second kappa shape index (κ2) is 7.49. The highest BCUT2D eigenvalue weighted by atomic mass is 32.2. The summed E-state index contributed by atoms with van der Waals surface area (Å²) in [5.41, 5.74) is 2.61. The maximum absolute atomic E-state index is 5.81. The molecule has 0 aliphatic carbocycles.